The maximum atomic E-state index is 13.3. The van der Waals surface area contributed by atoms with E-state index in [4.69, 9.17) is 4.74 Å². The summed E-state index contributed by atoms with van der Waals surface area (Å²) in [6.45, 7) is 6.36. The number of carbonyl (C=O) groups is 2. The van der Waals surface area contributed by atoms with Gasteiger partial charge in [0.2, 0.25) is 5.88 Å². The van der Waals surface area contributed by atoms with Gasteiger partial charge >= 0.3 is 0 Å². The van der Waals surface area contributed by atoms with Gasteiger partial charge in [-0.1, -0.05) is 30.3 Å². The fraction of sp³-hybridized carbons (Fsp3) is 0.318. The van der Waals surface area contributed by atoms with Gasteiger partial charge in [-0.3, -0.25) is 9.59 Å². The number of hydrogen-bond acceptors (Lipinski definition) is 4. The average molecular weight is 379 g/mol. The molecule has 1 unspecified atom stereocenters. The SMILES string of the molecule is CCOc1ncccc1/C=C1/C(=O)NC(C)(Cc2ccccc2)C(=O)N1CC. The molecule has 1 saturated heterocycles. The summed E-state index contributed by atoms with van der Waals surface area (Å²) in [7, 11) is 0. The minimum absolute atomic E-state index is 0.133. The van der Waals surface area contributed by atoms with E-state index in [9.17, 15) is 9.59 Å². The van der Waals surface area contributed by atoms with Crippen molar-refractivity contribution in [1.82, 2.24) is 15.2 Å². The van der Waals surface area contributed by atoms with Crippen LogP contribution in [0, 0.1) is 0 Å². The third kappa shape index (κ3) is 3.91. The molecule has 3 rings (SSSR count). The van der Waals surface area contributed by atoms with Gasteiger partial charge in [0.05, 0.1) is 6.61 Å². The van der Waals surface area contributed by atoms with Gasteiger partial charge < -0.3 is 15.0 Å². The molecule has 0 saturated carbocycles. The summed E-state index contributed by atoms with van der Waals surface area (Å²) < 4.78 is 5.54. The predicted octanol–water partition coefficient (Wildman–Crippen LogP) is 2.80. The summed E-state index contributed by atoms with van der Waals surface area (Å²) in [5.74, 6) is 0.0177. The summed E-state index contributed by atoms with van der Waals surface area (Å²) >= 11 is 0. The standard InChI is InChI=1S/C22H25N3O3/c1-4-25-18(14-17-12-9-13-23-20(17)28-5-2)19(26)24-22(3,21(25)27)15-16-10-7-6-8-11-16/h6-14H,4-5,15H2,1-3H3,(H,24,26)/b18-14-. The minimum Gasteiger partial charge on any atom is -0.478 e. The van der Waals surface area contributed by atoms with Crippen molar-refractivity contribution in [3.8, 4) is 5.88 Å². The van der Waals surface area contributed by atoms with Crippen molar-refractivity contribution in [2.45, 2.75) is 32.7 Å². The van der Waals surface area contributed by atoms with Crippen LogP contribution in [0.4, 0.5) is 0 Å². The molecule has 1 aromatic carbocycles. The normalized spacial score (nSPS) is 21.0. The molecule has 0 spiro atoms. The number of nitrogens with zero attached hydrogens (tertiary/aromatic N) is 2. The van der Waals surface area contributed by atoms with Crippen LogP contribution < -0.4 is 10.1 Å². The number of likely N-dealkylation sites (N-methyl/N-ethyl adjacent to an activating group) is 1. The van der Waals surface area contributed by atoms with E-state index < -0.39 is 5.54 Å². The van der Waals surface area contributed by atoms with Crippen molar-refractivity contribution in [3.63, 3.8) is 0 Å². The molecule has 1 aliphatic rings. The monoisotopic (exact) mass is 379 g/mol. The van der Waals surface area contributed by atoms with E-state index in [-0.39, 0.29) is 11.8 Å². The Kier molecular flexibility index (Phi) is 5.78. The van der Waals surface area contributed by atoms with Crippen LogP contribution in [0.3, 0.4) is 0 Å². The number of rotatable bonds is 6. The summed E-state index contributed by atoms with van der Waals surface area (Å²) in [5.41, 5.74) is 0.955. The van der Waals surface area contributed by atoms with Crippen molar-refractivity contribution in [1.29, 1.82) is 0 Å². The van der Waals surface area contributed by atoms with E-state index in [1.165, 1.54) is 4.90 Å². The highest BCUT2D eigenvalue weighted by atomic mass is 16.5. The van der Waals surface area contributed by atoms with Gasteiger partial charge in [0, 0.05) is 24.7 Å². The summed E-state index contributed by atoms with van der Waals surface area (Å²) in [4.78, 5) is 32.0. The van der Waals surface area contributed by atoms with E-state index in [0.717, 1.165) is 5.56 Å². The Bertz CT molecular complexity index is 895. The lowest BCUT2D eigenvalue weighted by molar-refractivity contribution is -0.144. The van der Waals surface area contributed by atoms with Crippen molar-refractivity contribution in [2.24, 2.45) is 0 Å². The molecule has 6 heteroatoms. The zero-order chi connectivity index (χ0) is 20.1. The second kappa shape index (κ2) is 8.25. The molecule has 0 aliphatic carbocycles. The van der Waals surface area contributed by atoms with E-state index in [0.29, 0.717) is 36.7 Å². The van der Waals surface area contributed by atoms with Crippen LogP contribution in [0.25, 0.3) is 6.08 Å². The van der Waals surface area contributed by atoms with Gasteiger partial charge in [-0.2, -0.15) is 0 Å². The van der Waals surface area contributed by atoms with Crippen molar-refractivity contribution < 1.29 is 14.3 Å². The number of ether oxygens (including phenoxy) is 1. The fourth-order valence-corrected chi connectivity index (χ4v) is 3.40. The van der Waals surface area contributed by atoms with Crippen LogP contribution in [-0.4, -0.2) is 40.4 Å². The number of amides is 2. The second-order valence-electron chi connectivity index (χ2n) is 6.86. The number of hydrogen-bond donors (Lipinski definition) is 1. The third-order valence-electron chi connectivity index (χ3n) is 4.72. The maximum absolute atomic E-state index is 13.3. The number of nitrogens with one attached hydrogen (secondary N) is 1. The molecule has 2 amide bonds. The smallest absolute Gasteiger partial charge is 0.268 e. The minimum atomic E-state index is -0.997. The quantitative estimate of drug-likeness (QED) is 0.784. The number of carbonyl (C=O) groups excluding carboxylic acids is 2. The van der Waals surface area contributed by atoms with Gasteiger partial charge in [-0.15, -0.1) is 0 Å². The summed E-state index contributed by atoms with van der Waals surface area (Å²) in [6.07, 6.45) is 3.73. The number of pyridine rings is 1. The van der Waals surface area contributed by atoms with Gasteiger partial charge in [0.1, 0.15) is 11.2 Å². The molecular weight excluding hydrogens is 354 g/mol. The first-order chi connectivity index (χ1) is 13.5. The van der Waals surface area contributed by atoms with Crippen molar-refractivity contribution >= 4 is 17.9 Å². The summed E-state index contributed by atoms with van der Waals surface area (Å²) in [6, 6.07) is 13.3. The maximum Gasteiger partial charge on any atom is 0.268 e. The first kappa shape index (κ1) is 19.6. The van der Waals surface area contributed by atoms with Crippen LogP contribution in [0.2, 0.25) is 0 Å². The second-order valence-corrected chi connectivity index (χ2v) is 6.86. The molecule has 1 fully saturated rings. The zero-order valence-electron chi connectivity index (χ0n) is 16.4. The Morgan fingerprint density at radius 1 is 1.14 bits per heavy atom. The number of piperazine rings is 1. The molecule has 0 radical (unpaired) electrons. The van der Waals surface area contributed by atoms with Crippen molar-refractivity contribution in [3.05, 3.63) is 65.5 Å². The zero-order valence-corrected chi connectivity index (χ0v) is 16.4. The van der Waals surface area contributed by atoms with Gasteiger partial charge in [-0.05, 0) is 44.5 Å². The topological polar surface area (TPSA) is 71.5 Å². The molecule has 0 bridgehead atoms. The Morgan fingerprint density at radius 3 is 2.57 bits per heavy atom. The molecule has 6 nitrogen and oxygen atoms in total. The van der Waals surface area contributed by atoms with Crippen LogP contribution in [-0.2, 0) is 16.0 Å². The van der Waals surface area contributed by atoms with Crippen LogP contribution in [0.5, 0.6) is 5.88 Å². The van der Waals surface area contributed by atoms with E-state index in [1.807, 2.05) is 50.2 Å². The Morgan fingerprint density at radius 2 is 1.89 bits per heavy atom. The van der Waals surface area contributed by atoms with Crippen LogP contribution in [0.15, 0.2) is 54.4 Å². The molecule has 2 aromatic rings. The molecule has 146 valence electrons. The molecule has 1 aromatic heterocycles. The van der Waals surface area contributed by atoms with Gasteiger partial charge in [-0.25, -0.2) is 4.98 Å². The molecular formula is C22H25N3O3. The average Bonchev–Trinajstić information content (AvgIpc) is 2.69. The van der Waals surface area contributed by atoms with Gasteiger partial charge in [0.15, 0.2) is 0 Å². The number of aromatic nitrogens is 1. The van der Waals surface area contributed by atoms with Crippen LogP contribution in [0.1, 0.15) is 31.9 Å². The van der Waals surface area contributed by atoms with Gasteiger partial charge in [0.25, 0.3) is 11.8 Å². The Balaban J connectivity index is 1.94. The first-order valence-corrected chi connectivity index (χ1v) is 9.46. The van der Waals surface area contributed by atoms with Crippen molar-refractivity contribution in [2.75, 3.05) is 13.2 Å². The van der Waals surface area contributed by atoms with E-state index >= 15 is 0 Å². The highest BCUT2D eigenvalue weighted by Gasteiger charge is 2.45. The largest absolute Gasteiger partial charge is 0.478 e. The number of benzene rings is 1. The van der Waals surface area contributed by atoms with Crippen LogP contribution >= 0.6 is 0 Å². The van der Waals surface area contributed by atoms with E-state index in [1.54, 1.807) is 25.3 Å². The Hall–Kier alpha value is -3.15. The third-order valence-corrected chi connectivity index (χ3v) is 4.72. The lowest BCUT2D eigenvalue weighted by Crippen LogP contribution is -2.65. The molecule has 28 heavy (non-hydrogen) atoms. The first-order valence-electron chi connectivity index (χ1n) is 9.46. The van der Waals surface area contributed by atoms with E-state index in [2.05, 4.69) is 10.3 Å². The summed E-state index contributed by atoms with van der Waals surface area (Å²) in [5, 5.41) is 2.92. The lowest BCUT2D eigenvalue weighted by Gasteiger charge is -2.40. The molecule has 2 heterocycles. The molecule has 1 aliphatic heterocycles. The highest BCUT2D eigenvalue weighted by Crippen LogP contribution is 2.27. The molecule has 1 atom stereocenters. The lowest BCUT2D eigenvalue weighted by atomic mass is 9.88. The fourth-order valence-electron chi connectivity index (χ4n) is 3.40. The highest BCUT2D eigenvalue weighted by molar-refractivity contribution is 6.09. The molecule has 1 N–H and O–H groups in total. The Labute approximate surface area is 165 Å². The predicted molar refractivity (Wildman–Crippen MR) is 107 cm³/mol.